The molecule has 1 aromatic carbocycles. The van der Waals surface area contributed by atoms with Gasteiger partial charge in [-0.3, -0.25) is 9.59 Å². The van der Waals surface area contributed by atoms with E-state index in [9.17, 15) is 9.59 Å². The molecular weight excluding hydrogens is 328 g/mol. The quantitative estimate of drug-likeness (QED) is 0.789. The van der Waals surface area contributed by atoms with Gasteiger partial charge in [-0.2, -0.15) is 5.10 Å². The highest BCUT2D eigenvalue weighted by Gasteiger charge is 2.25. The molecule has 1 saturated heterocycles. The molecule has 0 aliphatic carbocycles. The van der Waals surface area contributed by atoms with Gasteiger partial charge in [0, 0.05) is 42.8 Å². The minimum Gasteiger partial charge on any atom is -0.360 e. The number of H-pyrrole nitrogens is 1. The highest BCUT2D eigenvalue weighted by atomic mass is 16.2. The van der Waals surface area contributed by atoms with E-state index in [1.54, 1.807) is 23.0 Å². The van der Waals surface area contributed by atoms with Crippen LogP contribution in [0.2, 0.25) is 0 Å². The highest BCUT2D eigenvalue weighted by molar-refractivity contribution is 6.06. The lowest BCUT2D eigenvalue weighted by Gasteiger charge is -2.32. The van der Waals surface area contributed by atoms with Gasteiger partial charge in [0.1, 0.15) is 0 Å². The molecule has 0 unspecified atom stereocenters. The number of rotatable bonds is 3. The van der Waals surface area contributed by atoms with Crippen molar-refractivity contribution in [3.8, 4) is 0 Å². The summed E-state index contributed by atoms with van der Waals surface area (Å²) in [5.41, 5.74) is 2.50. The van der Waals surface area contributed by atoms with E-state index < -0.39 is 0 Å². The maximum atomic E-state index is 12.9. The summed E-state index contributed by atoms with van der Waals surface area (Å²) in [6.07, 6.45) is 3.57. The summed E-state index contributed by atoms with van der Waals surface area (Å²) in [6.45, 7) is 3.93. The molecule has 26 heavy (non-hydrogen) atoms. The molecule has 4 rings (SSSR count). The Kier molecular flexibility index (Phi) is 4.32. The number of aromatic amines is 1. The van der Waals surface area contributed by atoms with Gasteiger partial charge < -0.3 is 9.88 Å². The third-order valence-corrected chi connectivity index (χ3v) is 5.15. The van der Waals surface area contributed by atoms with Crippen molar-refractivity contribution in [1.29, 1.82) is 0 Å². The van der Waals surface area contributed by atoms with Crippen LogP contribution in [-0.4, -0.2) is 38.7 Å². The zero-order valence-corrected chi connectivity index (χ0v) is 14.8. The van der Waals surface area contributed by atoms with Crippen molar-refractivity contribution < 1.29 is 4.79 Å². The number of nitrogens with one attached hydrogen (secondary N) is 1. The molecule has 1 N–H and O–H groups in total. The molecule has 0 saturated carbocycles. The average molecular weight is 350 g/mol. The smallest absolute Gasteiger partial charge is 0.266 e. The van der Waals surface area contributed by atoms with Gasteiger partial charge in [-0.1, -0.05) is 18.2 Å². The Hall–Kier alpha value is -2.89. The van der Waals surface area contributed by atoms with E-state index in [0.717, 1.165) is 35.0 Å². The maximum Gasteiger partial charge on any atom is 0.266 e. The molecular formula is C20H22N4O2. The Labute approximate surface area is 151 Å². The van der Waals surface area contributed by atoms with Crippen LogP contribution in [0.5, 0.6) is 0 Å². The lowest BCUT2D eigenvalue weighted by Crippen LogP contribution is -2.40. The summed E-state index contributed by atoms with van der Waals surface area (Å²) >= 11 is 0. The molecule has 0 bridgehead atoms. The van der Waals surface area contributed by atoms with E-state index in [4.69, 9.17) is 0 Å². The van der Waals surface area contributed by atoms with Crippen molar-refractivity contribution in [2.75, 3.05) is 13.1 Å². The second kappa shape index (κ2) is 6.78. The molecule has 2 aromatic heterocycles. The molecule has 0 spiro atoms. The standard InChI is InChI=1S/C20H22N4O2/c1-14-6-7-19(25)24(22-14)13-15-8-10-23(11-9-15)20(26)17-12-21-18-5-3-2-4-16(17)18/h2-7,12,15,21H,8-11,13H2,1H3. The molecule has 6 nitrogen and oxygen atoms in total. The normalized spacial score (nSPS) is 15.5. The fraction of sp³-hybridized carbons (Fsp3) is 0.350. The van der Waals surface area contributed by atoms with Gasteiger partial charge in [0.25, 0.3) is 11.5 Å². The predicted molar refractivity (Wildman–Crippen MR) is 100 cm³/mol. The van der Waals surface area contributed by atoms with Crippen LogP contribution < -0.4 is 5.56 Å². The van der Waals surface area contributed by atoms with Crippen LogP contribution in [-0.2, 0) is 6.54 Å². The Balaban J connectivity index is 1.42. The van der Waals surface area contributed by atoms with E-state index in [0.29, 0.717) is 25.6 Å². The van der Waals surface area contributed by atoms with Crippen LogP contribution in [0.3, 0.4) is 0 Å². The van der Waals surface area contributed by atoms with E-state index in [-0.39, 0.29) is 11.5 Å². The Morgan fingerprint density at radius 3 is 2.77 bits per heavy atom. The summed E-state index contributed by atoms with van der Waals surface area (Å²) in [5, 5.41) is 5.28. The number of carbonyl (C=O) groups excluding carboxylic acids is 1. The third kappa shape index (κ3) is 3.14. The zero-order valence-electron chi connectivity index (χ0n) is 14.8. The van der Waals surface area contributed by atoms with E-state index in [1.807, 2.05) is 36.1 Å². The summed E-state index contributed by atoms with van der Waals surface area (Å²) < 4.78 is 1.55. The second-order valence-electron chi connectivity index (χ2n) is 6.98. The van der Waals surface area contributed by atoms with Crippen molar-refractivity contribution in [3.05, 3.63) is 64.2 Å². The summed E-state index contributed by atoms with van der Waals surface area (Å²) in [6, 6.07) is 11.2. The summed E-state index contributed by atoms with van der Waals surface area (Å²) in [5.74, 6) is 0.445. The molecule has 3 heterocycles. The number of fused-ring (bicyclic) bond motifs is 1. The third-order valence-electron chi connectivity index (χ3n) is 5.15. The minimum atomic E-state index is -0.0621. The van der Waals surface area contributed by atoms with E-state index >= 15 is 0 Å². The number of hydrogen-bond donors (Lipinski definition) is 1. The van der Waals surface area contributed by atoms with Gasteiger partial charge in [-0.05, 0) is 37.8 Å². The Morgan fingerprint density at radius 2 is 1.96 bits per heavy atom. The molecule has 3 aromatic rings. The highest BCUT2D eigenvalue weighted by Crippen LogP contribution is 2.23. The van der Waals surface area contributed by atoms with Crippen molar-refractivity contribution in [1.82, 2.24) is 19.7 Å². The lowest BCUT2D eigenvalue weighted by atomic mass is 9.96. The largest absolute Gasteiger partial charge is 0.360 e. The number of aromatic nitrogens is 3. The monoisotopic (exact) mass is 350 g/mol. The Morgan fingerprint density at radius 1 is 1.19 bits per heavy atom. The molecule has 1 amide bonds. The van der Waals surface area contributed by atoms with Crippen LogP contribution in [0, 0.1) is 12.8 Å². The van der Waals surface area contributed by atoms with Crippen molar-refractivity contribution >= 4 is 16.8 Å². The fourth-order valence-electron chi connectivity index (χ4n) is 3.66. The number of carbonyl (C=O) groups is 1. The van der Waals surface area contributed by atoms with Crippen molar-refractivity contribution in [2.24, 2.45) is 5.92 Å². The number of amides is 1. The maximum absolute atomic E-state index is 12.9. The summed E-state index contributed by atoms with van der Waals surface area (Å²) in [7, 11) is 0. The molecule has 1 aliphatic heterocycles. The topological polar surface area (TPSA) is 71.0 Å². The Bertz CT molecular complexity index is 996. The molecule has 1 fully saturated rings. The zero-order chi connectivity index (χ0) is 18.1. The van der Waals surface area contributed by atoms with Crippen LogP contribution in [0.4, 0.5) is 0 Å². The van der Waals surface area contributed by atoms with Gasteiger partial charge in [-0.25, -0.2) is 4.68 Å². The SMILES string of the molecule is Cc1ccc(=O)n(CC2CCN(C(=O)c3c[nH]c4ccccc34)CC2)n1. The predicted octanol–water partition coefficient (Wildman–Crippen LogP) is 2.59. The van der Waals surface area contributed by atoms with Crippen LogP contribution in [0.25, 0.3) is 10.9 Å². The van der Waals surface area contributed by atoms with Crippen LogP contribution in [0.15, 0.2) is 47.4 Å². The average Bonchev–Trinajstić information content (AvgIpc) is 3.09. The number of likely N-dealkylation sites (tertiary alicyclic amines) is 1. The number of para-hydroxylation sites is 1. The molecule has 0 atom stereocenters. The molecule has 6 heteroatoms. The first-order valence-corrected chi connectivity index (χ1v) is 9.02. The van der Waals surface area contributed by atoms with Gasteiger partial charge in [0.15, 0.2) is 0 Å². The molecule has 1 aliphatic rings. The van der Waals surface area contributed by atoms with Gasteiger partial charge in [0.05, 0.1) is 11.3 Å². The minimum absolute atomic E-state index is 0.0621. The number of aryl methyl sites for hydroxylation is 1. The fourth-order valence-corrected chi connectivity index (χ4v) is 3.66. The number of piperidine rings is 1. The number of benzene rings is 1. The first-order valence-electron chi connectivity index (χ1n) is 9.02. The van der Waals surface area contributed by atoms with E-state index in [2.05, 4.69) is 10.1 Å². The van der Waals surface area contributed by atoms with Gasteiger partial charge in [0.2, 0.25) is 0 Å². The van der Waals surface area contributed by atoms with Crippen LogP contribution in [0.1, 0.15) is 28.9 Å². The second-order valence-corrected chi connectivity index (χ2v) is 6.98. The summed E-state index contributed by atoms with van der Waals surface area (Å²) in [4.78, 5) is 29.9. The van der Waals surface area contributed by atoms with Gasteiger partial charge >= 0.3 is 0 Å². The van der Waals surface area contributed by atoms with Crippen molar-refractivity contribution in [3.63, 3.8) is 0 Å². The van der Waals surface area contributed by atoms with Crippen LogP contribution >= 0.6 is 0 Å². The van der Waals surface area contributed by atoms with Gasteiger partial charge in [-0.15, -0.1) is 0 Å². The number of hydrogen-bond acceptors (Lipinski definition) is 3. The van der Waals surface area contributed by atoms with E-state index in [1.165, 1.54) is 0 Å². The molecule has 0 radical (unpaired) electrons. The molecule has 134 valence electrons. The lowest BCUT2D eigenvalue weighted by molar-refractivity contribution is 0.0682. The first-order chi connectivity index (χ1) is 12.6. The van der Waals surface area contributed by atoms with Crippen molar-refractivity contribution in [2.45, 2.75) is 26.3 Å². The number of nitrogens with zero attached hydrogens (tertiary/aromatic N) is 3. The first kappa shape index (κ1) is 16.6.